The maximum atomic E-state index is 12.0. The first-order chi connectivity index (χ1) is 9.72. The van der Waals surface area contributed by atoms with E-state index in [1.807, 2.05) is 6.07 Å². The molecule has 2 N–H and O–H groups in total. The summed E-state index contributed by atoms with van der Waals surface area (Å²) in [6, 6.07) is 8.76. The minimum atomic E-state index is -0.216. The zero-order valence-corrected chi connectivity index (χ0v) is 11.6. The summed E-state index contributed by atoms with van der Waals surface area (Å²) >= 11 is 5.81. The van der Waals surface area contributed by atoms with Gasteiger partial charge in [0, 0.05) is 22.7 Å². The van der Waals surface area contributed by atoms with Crippen molar-refractivity contribution in [3.63, 3.8) is 0 Å². The zero-order valence-electron chi connectivity index (χ0n) is 10.9. The molecule has 4 nitrogen and oxygen atoms in total. The number of rotatable bonds is 2. The second-order valence-corrected chi connectivity index (χ2v) is 5.29. The number of anilines is 1. The van der Waals surface area contributed by atoms with Crippen LogP contribution in [0.2, 0.25) is 5.02 Å². The Labute approximate surface area is 122 Å². The van der Waals surface area contributed by atoms with Crippen molar-refractivity contribution in [3.05, 3.63) is 52.9 Å². The number of amides is 2. The van der Waals surface area contributed by atoms with Crippen LogP contribution in [0, 0.1) is 0 Å². The van der Waals surface area contributed by atoms with E-state index in [4.69, 9.17) is 16.0 Å². The van der Waals surface area contributed by atoms with Crippen molar-refractivity contribution in [2.75, 3.05) is 5.32 Å². The first kappa shape index (κ1) is 13.1. The highest BCUT2D eigenvalue weighted by Gasteiger charge is 2.23. The van der Waals surface area contributed by atoms with E-state index in [1.54, 1.807) is 30.5 Å². The summed E-state index contributed by atoms with van der Waals surface area (Å²) in [5.74, 6) is 0.980. The van der Waals surface area contributed by atoms with Crippen molar-refractivity contribution in [1.82, 2.24) is 5.32 Å². The van der Waals surface area contributed by atoms with Gasteiger partial charge in [-0.1, -0.05) is 11.6 Å². The fraction of sp³-hybridized carbons (Fsp3) is 0.267. The Hall–Kier alpha value is -1.94. The van der Waals surface area contributed by atoms with E-state index in [1.165, 1.54) is 0 Å². The van der Waals surface area contributed by atoms with Crippen LogP contribution in [0.25, 0.3) is 0 Å². The number of halogens is 1. The normalized spacial score (nSPS) is 17.4. The van der Waals surface area contributed by atoms with Gasteiger partial charge in [-0.15, -0.1) is 0 Å². The lowest BCUT2D eigenvalue weighted by Gasteiger charge is -2.22. The van der Waals surface area contributed by atoms with Gasteiger partial charge in [-0.25, -0.2) is 4.79 Å². The minimum Gasteiger partial charge on any atom is -0.469 e. The zero-order chi connectivity index (χ0) is 13.9. The van der Waals surface area contributed by atoms with Crippen molar-refractivity contribution in [3.8, 4) is 0 Å². The largest absolute Gasteiger partial charge is 0.469 e. The Morgan fingerprint density at radius 3 is 2.85 bits per heavy atom. The molecule has 1 aliphatic carbocycles. The summed E-state index contributed by atoms with van der Waals surface area (Å²) in [6.07, 6.45) is 4.58. The van der Waals surface area contributed by atoms with Crippen LogP contribution < -0.4 is 10.6 Å². The molecule has 1 aromatic carbocycles. The number of furan rings is 1. The van der Waals surface area contributed by atoms with E-state index in [0.29, 0.717) is 5.02 Å². The summed E-state index contributed by atoms with van der Waals surface area (Å²) in [5, 5.41) is 6.43. The molecule has 0 spiro atoms. The fourth-order valence-electron chi connectivity index (χ4n) is 2.50. The number of carbonyl (C=O) groups is 1. The van der Waals surface area contributed by atoms with Crippen LogP contribution in [0.1, 0.15) is 30.2 Å². The van der Waals surface area contributed by atoms with Gasteiger partial charge >= 0.3 is 6.03 Å². The fourth-order valence-corrected chi connectivity index (χ4v) is 2.62. The Morgan fingerprint density at radius 1 is 1.25 bits per heavy atom. The van der Waals surface area contributed by atoms with E-state index in [2.05, 4.69) is 10.6 Å². The lowest BCUT2D eigenvalue weighted by Crippen LogP contribution is -2.34. The smallest absolute Gasteiger partial charge is 0.319 e. The molecule has 20 heavy (non-hydrogen) atoms. The van der Waals surface area contributed by atoms with Gasteiger partial charge in [0.25, 0.3) is 0 Å². The molecular formula is C15H15ClN2O2. The van der Waals surface area contributed by atoms with Crippen molar-refractivity contribution < 1.29 is 9.21 Å². The third kappa shape index (κ3) is 2.80. The summed E-state index contributed by atoms with van der Waals surface area (Å²) in [6.45, 7) is 0. The van der Waals surface area contributed by atoms with Crippen LogP contribution in [0.15, 0.2) is 41.0 Å². The average molecular weight is 291 g/mol. The topological polar surface area (TPSA) is 54.3 Å². The van der Waals surface area contributed by atoms with Crippen LogP contribution >= 0.6 is 11.6 Å². The first-order valence-electron chi connectivity index (χ1n) is 6.62. The summed E-state index contributed by atoms with van der Waals surface area (Å²) in [7, 11) is 0. The molecule has 3 rings (SSSR count). The van der Waals surface area contributed by atoms with E-state index in [-0.39, 0.29) is 12.1 Å². The van der Waals surface area contributed by atoms with Crippen LogP contribution in [0.4, 0.5) is 10.5 Å². The van der Waals surface area contributed by atoms with E-state index in [0.717, 1.165) is 36.3 Å². The van der Waals surface area contributed by atoms with Crippen LogP contribution in [-0.4, -0.2) is 6.03 Å². The number of aryl methyl sites for hydroxylation is 1. The molecule has 2 aromatic rings. The van der Waals surface area contributed by atoms with Gasteiger partial charge in [0.15, 0.2) is 0 Å². The Balaban J connectivity index is 1.64. The highest BCUT2D eigenvalue weighted by atomic mass is 35.5. The van der Waals surface area contributed by atoms with Gasteiger partial charge in [0.05, 0.1) is 12.3 Å². The first-order valence-corrected chi connectivity index (χ1v) is 6.99. The van der Waals surface area contributed by atoms with Gasteiger partial charge < -0.3 is 15.1 Å². The number of hydrogen-bond donors (Lipinski definition) is 2. The van der Waals surface area contributed by atoms with Crippen molar-refractivity contribution in [2.45, 2.75) is 25.3 Å². The molecule has 2 amide bonds. The molecule has 0 fully saturated rings. The third-order valence-corrected chi connectivity index (χ3v) is 3.71. The molecule has 1 atom stereocenters. The van der Waals surface area contributed by atoms with Gasteiger partial charge in [-0.05, 0) is 43.2 Å². The predicted molar refractivity (Wildman–Crippen MR) is 78.0 cm³/mol. The van der Waals surface area contributed by atoms with Gasteiger partial charge in [0.2, 0.25) is 0 Å². The van der Waals surface area contributed by atoms with Gasteiger partial charge in [-0.2, -0.15) is 0 Å². The van der Waals surface area contributed by atoms with Gasteiger partial charge in [0.1, 0.15) is 5.76 Å². The minimum absolute atomic E-state index is 0.0183. The number of fused-ring (bicyclic) bond motifs is 1. The summed E-state index contributed by atoms with van der Waals surface area (Å²) in [4.78, 5) is 12.0. The van der Waals surface area contributed by atoms with Crippen molar-refractivity contribution in [1.29, 1.82) is 0 Å². The quantitative estimate of drug-likeness (QED) is 0.873. The van der Waals surface area contributed by atoms with Crippen molar-refractivity contribution >= 4 is 23.3 Å². The number of urea groups is 1. The summed E-state index contributed by atoms with van der Waals surface area (Å²) in [5.41, 5.74) is 1.80. The highest BCUT2D eigenvalue weighted by Crippen LogP contribution is 2.30. The predicted octanol–water partition coefficient (Wildman–Crippen LogP) is 4.13. The lowest BCUT2D eigenvalue weighted by atomic mass is 9.93. The Morgan fingerprint density at radius 2 is 2.05 bits per heavy atom. The number of hydrogen-bond acceptors (Lipinski definition) is 2. The maximum absolute atomic E-state index is 12.0. The third-order valence-electron chi connectivity index (χ3n) is 3.46. The second-order valence-electron chi connectivity index (χ2n) is 4.85. The van der Waals surface area contributed by atoms with Crippen LogP contribution in [-0.2, 0) is 6.42 Å². The number of nitrogens with one attached hydrogen (secondary N) is 2. The summed E-state index contributed by atoms with van der Waals surface area (Å²) < 4.78 is 5.41. The maximum Gasteiger partial charge on any atom is 0.319 e. The molecule has 0 unspecified atom stereocenters. The van der Waals surface area contributed by atoms with E-state index >= 15 is 0 Å². The Kier molecular flexibility index (Phi) is 3.65. The molecular weight excluding hydrogens is 276 g/mol. The monoisotopic (exact) mass is 290 g/mol. The van der Waals surface area contributed by atoms with E-state index < -0.39 is 0 Å². The standard InChI is InChI=1S/C15H15ClN2O2/c16-10-4-6-11(7-5-10)17-15(19)18-13-2-1-3-14-12(13)8-9-20-14/h4-9,13H,1-3H2,(H2,17,18,19)/t13-/m1/s1. The highest BCUT2D eigenvalue weighted by molar-refractivity contribution is 6.30. The molecule has 0 bridgehead atoms. The number of benzene rings is 1. The Bertz CT molecular complexity index is 607. The lowest BCUT2D eigenvalue weighted by molar-refractivity contribution is 0.246. The van der Waals surface area contributed by atoms with Gasteiger partial charge in [-0.3, -0.25) is 0 Å². The molecule has 5 heteroatoms. The average Bonchev–Trinajstić information content (AvgIpc) is 2.91. The molecule has 1 aliphatic rings. The van der Waals surface area contributed by atoms with Crippen LogP contribution in [0.5, 0.6) is 0 Å². The molecule has 1 aromatic heterocycles. The molecule has 0 radical (unpaired) electrons. The number of carbonyl (C=O) groups excluding carboxylic acids is 1. The SMILES string of the molecule is O=C(Nc1ccc(Cl)cc1)N[C@@H]1CCCc2occc21. The molecule has 0 aliphatic heterocycles. The molecule has 1 heterocycles. The second kappa shape index (κ2) is 5.59. The molecule has 104 valence electrons. The van der Waals surface area contributed by atoms with E-state index in [9.17, 15) is 4.79 Å². The molecule has 0 saturated carbocycles. The molecule has 0 saturated heterocycles. The van der Waals surface area contributed by atoms with Crippen LogP contribution in [0.3, 0.4) is 0 Å². The van der Waals surface area contributed by atoms with Crippen molar-refractivity contribution in [2.24, 2.45) is 0 Å².